The van der Waals surface area contributed by atoms with Crippen molar-refractivity contribution < 1.29 is 14.1 Å². The van der Waals surface area contributed by atoms with Gasteiger partial charge in [-0.05, 0) is 52.0 Å². The van der Waals surface area contributed by atoms with E-state index >= 15 is 0 Å². The number of aromatic amines is 1. The zero-order valence-corrected chi connectivity index (χ0v) is 17.8. The van der Waals surface area contributed by atoms with Crippen molar-refractivity contribution in [3.63, 3.8) is 0 Å². The summed E-state index contributed by atoms with van der Waals surface area (Å²) >= 11 is 0. The van der Waals surface area contributed by atoms with Crippen LogP contribution in [0.2, 0.25) is 0 Å². The number of amides is 1. The lowest BCUT2D eigenvalue weighted by Crippen LogP contribution is -2.43. The van der Waals surface area contributed by atoms with Crippen LogP contribution in [-0.2, 0) is 4.74 Å². The summed E-state index contributed by atoms with van der Waals surface area (Å²) in [5, 5.41) is 14.1. The third-order valence-electron chi connectivity index (χ3n) is 4.89. The summed E-state index contributed by atoms with van der Waals surface area (Å²) in [4.78, 5) is 22.5. The van der Waals surface area contributed by atoms with Gasteiger partial charge in [0.2, 0.25) is 11.7 Å². The molecule has 0 radical (unpaired) electrons. The van der Waals surface area contributed by atoms with Crippen LogP contribution in [0, 0.1) is 11.8 Å². The third-order valence-corrected chi connectivity index (χ3v) is 4.89. The Hall–Kier alpha value is -2.49. The highest BCUT2D eigenvalue weighted by Crippen LogP contribution is 2.24. The maximum atomic E-state index is 12.2. The topological polar surface area (TPSA) is 122 Å². The van der Waals surface area contributed by atoms with Crippen molar-refractivity contribution in [2.45, 2.75) is 59.1 Å². The summed E-state index contributed by atoms with van der Waals surface area (Å²) in [5.74, 6) is 2.18. The number of carbonyl (C=O) groups is 1. The van der Waals surface area contributed by atoms with Crippen molar-refractivity contribution in [1.82, 2.24) is 35.5 Å². The van der Waals surface area contributed by atoms with E-state index in [1.807, 2.05) is 20.8 Å². The molecule has 0 spiro atoms. The average Bonchev–Trinajstić information content (AvgIpc) is 3.32. The molecule has 1 atom stereocenters. The fraction of sp³-hybridized carbons (Fsp3) is 0.737. The largest absolute Gasteiger partial charge is 0.444 e. The maximum absolute atomic E-state index is 12.2. The van der Waals surface area contributed by atoms with E-state index in [0.29, 0.717) is 36.5 Å². The second-order valence-corrected chi connectivity index (χ2v) is 8.83. The number of nitrogens with zero attached hydrogens (tertiary/aromatic N) is 5. The second kappa shape index (κ2) is 8.89. The molecule has 10 nitrogen and oxygen atoms in total. The van der Waals surface area contributed by atoms with Crippen LogP contribution in [0.4, 0.5) is 4.79 Å². The number of nitrogens with one attached hydrogen (secondary N) is 2. The molecular weight excluding hydrogens is 374 g/mol. The zero-order valence-electron chi connectivity index (χ0n) is 17.8. The van der Waals surface area contributed by atoms with Crippen LogP contribution < -0.4 is 5.32 Å². The SMILES string of the molecule is CC(C)[C@H](NCC1CCN(C(=O)OC(C)(C)C)CC1)c1nc(-c2ncn[nH]2)no1. The summed E-state index contributed by atoms with van der Waals surface area (Å²) in [5.41, 5.74) is -0.464. The Balaban J connectivity index is 1.51. The molecule has 29 heavy (non-hydrogen) atoms. The lowest BCUT2D eigenvalue weighted by molar-refractivity contribution is 0.0182. The molecule has 0 unspecified atom stereocenters. The molecule has 0 bridgehead atoms. The normalized spacial score (nSPS) is 17.0. The summed E-state index contributed by atoms with van der Waals surface area (Å²) < 4.78 is 10.9. The number of piperidine rings is 1. The molecule has 3 heterocycles. The first kappa shape index (κ1) is 21.2. The minimum atomic E-state index is -0.464. The van der Waals surface area contributed by atoms with E-state index in [0.717, 1.165) is 19.4 Å². The van der Waals surface area contributed by atoms with Gasteiger partial charge in [0, 0.05) is 13.1 Å². The summed E-state index contributed by atoms with van der Waals surface area (Å²) in [6.45, 7) is 12.1. The van der Waals surface area contributed by atoms with Crippen LogP contribution in [0.3, 0.4) is 0 Å². The first-order valence-corrected chi connectivity index (χ1v) is 10.1. The summed E-state index contributed by atoms with van der Waals surface area (Å²) in [7, 11) is 0. The van der Waals surface area contributed by atoms with E-state index in [1.165, 1.54) is 6.33 Å². The van der Waals surface area contributed by atoms with Crippen LogP contribution in [0.1, 0.15) is 59.4 Å². The van der Waals surface area contributed by atoms with E-state index in [2.05, 4.69) is 44.5 Å². The molecule has 2 aromatic heterocycles. The van der Waals surface area contributed by atoms with Crippen LogP contribution in [-0.4, -0.2) is 61.6 Å². The van der Waals surface area contributed by atoms with Crippen molar-refractivity contribution in [1.29, 1.82) is 0 Å². The highest BCUT2D eigenvalue weighted by molar-refractivity contribution is 5.68. The number of rotatable bonds is 6. The Morgan fingerprint density at radius 1 is 1.38 bits per heavy atom. The van der Waals surface area contributed by atoms with Gasteiger partial charge in [0.25, 0.3) is 0 Å². The Morgan fingerprint density at radius 2 is 2.10 bits per heavy atom. The van der Waals surface area contributed by atoms with Crippen molar-refractivity contribution >= 4 is 6.09 Å². The molecule has 160 valence electrons. The van der Waals surface area contributed by atoms with Gasteiger partial charge in [0.1, 0.15) is 11.9 Å². The monoisotopic (exact) mass is 405 g/mol. The zero-order chi connectivity index (χ0) is 21.0. The molecule has 1 saturated heterocycles. The van der Waals surface area contributed by atoms with Crippen LogP contribution in [0.15, 0.2) is 10.9 Å². The fourth-order valence-corrected chi connectivity index (χ4v) is 3.32. The first-order chi connectivity index (χ1) is 13.7. The maximum Gasteiger partial charge on any atom is 0.410 e. The van der Waals surface area contributed by atoms with Gasteiger partial charge in [-0.3, -0.25) is 5.10 Å². The van der Waals surface area contributed by atoms with E-state index < -0.39 is 5.60 Å². The molecule has 1 aliphatic rings. The number of H-pyrrole nitrogens is 1. The van der Waals surface area contributed by atoms with Gasteiger partial charge in [0.05, 0.1) is 6.04 Å². The van der Waals surface area contributed by atoms with Crippen LogP contribution in [0.5, 0.6) is 0 Å². The first-order valence-electron chi connectivity index (χ1n) is 10.1. The van der Waals surface area contributed by atoms with Crippen molar-refractivity contribution in [2.75, 3.05) is 19.6 Å². The molecule has 0 aliphatic carbocycles. The van der Waals surface area contributed by atoms with Crippen molar-refractivity contribution in [3.05, 3.63) is 12.2 Å². The molecule has 3 rings (SSSR count). The predicted molar refractivity (Wildman–Crippen MR) is 106 cm³/mol. The fourth-order valence-electron chi connectivity index (χ4n) is 3.32. The third kappa shape index (κ3) is 5.75. The number of likely N-dealkylation sites (tertiary alicyclic amines) is 1. The van der Waals surface area contributed by atoms with Gasteiger partial charge < -0.3 is 19.5 Å². The lowest BCUT2D eigenvalue weighted by atomic mass is 9.95. The standard InChI is InChI=1S/C19H31N7O3/c1-12(2)14(17-23-16(25-29-17)15-21-11-22-24-15)20-10-13-6-8-26(9-7-13)18(27)28-19(3,4)5/h11-14,20H,6-10H2,1-5H3,(H,21,22,24)/t14-/m0/s1. The molecular formula is C19H31N7O3. The number of carbonyl (C=O) groups excluding carboxylic acids is 1. The number of aromatic nitrogens is 5. The minimum absolute atomic E-state index is 0.0527. The van der Waals surface area contributed by atoms with Gasteiger partial charge in [-0.15, -0.1) is 0 Å². The van der Waals surface area contributed by atoms with Gasteiger partial charge in [0.15, 0.2) is 5.82 Å². The van der Waals surface area contributed by atoms with Crippen LogP contribution in [0.25, 0.3) is 11.6 Å². The highest BCUT2D eigenvalue weighted by atomic mass is 16.6. The predicted octanol–water partition coefficient (Wildman–Crippen LogP) is 2.79. The highest BCUT2D eigenvalue weighted by Gasteiger charge is 2.29. The molecule has 2 aromatic rings. The lowest BCUT2D eigenvalue weighted by Gasteiger charge is -2.34. The molecule has 1 aliphatic heterocycles. The Labute approximate surface area is 170 Å². The minimum Gasteiger partial charge on any atom is -0.444 e. The van der Waals surface area contributed by atoms with Gasteiger partial charge in [-0.1, -0.05) is 19.0 Å². The molecule has 1 amide bonds. The molecule has 1 fully saturated rings. The molecule has 0 aromatic carbocycles. The molecule has 2 N–H and O–H groups in total. The Morgan fingerprint density at radius 3 is 2.69 bits per heavy atom. The number of hydrogen-bond donors (Lipinski definition) is 2. The molecule has 10 heteroatoms. The Kier molecular flexibility index (Phi) is 6.51. The summed E-state index contributed by atoms with van der Waals surface area (Å²) in [6.07, 6.45) is 3.05. The Bertz CT molecular complexity index is 774. The van der Waals surface area contributed by atoms with Gasteiger partial charge >= 0.3 is 6.09 Å². The second-order valence-electron chi connectivity index (χ2n) is 8.83. The van der Waals surface area contributed by atoms with E-state index in [1.54, 1.807) is 4.90 Å². The van der Waals surface area contributed by atoms with Crippen LogP contribution >= 0.6 is 0 Å². The quantitative estimate of drug-likeness (QED) is 0.752. The van der Waals surface area contributed by atoms with Crippen molar-refractivity contribution in [3.8, 4) is 11.6 Å². The van der Waals surface area contributed by atoms with Crippen molar-refractivity contribution in [2.24, 2.45) is 11.8 Å². The van der Waals surface area contributed by atoms with E-state index in [4.69, 9.17) is 9.26 Å². The van der Waals surface area contributed by atoms with E-state index in [9.17, 15) is 4.79 Å². The smallest absolute Gasteiger partial charge is 0.410 e. The average molecular weight is 406 g/mol. The summed E-state index contributed by atoms with van der Waals surface area (Å²) in [6, 6.07) is -0.0527. The van der Waals surface area contributed by atoms with Gasteiger partial charge in [-0.25, -0.2) is 9.78 Å². The molecule has 0 saturated carbocycles. The number of ether oxygens (including phenoxy) is 1. The number of hydrogen-bond acceptors (Lipinski definition) is 8. The van der Waals surface area contributed by atoms with Gasteiger partial charge in [-0.2, -0.15) is 10.1 Å². The van der Waals surface area contributed by atoms with E-state index in [-0.39, 0.29) is 18.1 Å².